The Balaban J connectivity index is 2.02. The third-order valence-corrected chi connectivity index (χ3v) is 2.77. The molecule has 0 fully saturated rings. The van der Waals surface area contributed by atoms with Gasteiger partial charge in [-0.2, -0.15) is 10.2 Å². The molecule has 2 aromatic rings. The molecular formula is C16H18N4O2. The summed E-state index contributed by atoms with van der Waals surface area (Å²) in [7, 11) is 0. The fraction of sp³-hybridized carbons (Fsp3) is 0.125. The highest BCUT2D eigenvalue weighted by atomic mass is 16.3. The van der Waals surface area contributed by atoms with Crippen LogP contribution in [0, 0.1) is 0 Å². The Morgan fingerprint density at radius 2 is 1.50 bits per heavy atom. The zero-order valence-electron chi connectivity index (χ0n) is 11.9. The Morgan fingerprint density at radius 3 is 2.05 bits per heavy atom. The molecule has 0 bridgehead atoms. The maximum absolute atomic E-state index is 9.75. The van der Waals surface area contributed by atoms with E-state index in [1.54, 1.807) is 0 Å². The minimum Gasteiger partial charge on any atom is -0.393 e. The second-order valence-corrected chi connectivity index (χ2v) is 4.45. The van der Waals surface area contributed by atoms with Crippen LogP contribution in [0.25, 0.3) is 0 Å². The lowest BCUT2D eigenvalue weighted by Crippen LogP contribution is -2.27. The summed E-state index contributed by atoms with van der Waals surface area (Å²) in [6.07, 6.45) is 0.252. The Kier molecular flexibility index (Phi) is 6.10. The molecule has 4 N–H and O–H groups in total. The number of hydrogen-bond acceptors (Lipinski definition) is 6. The maximum Gasteiger partial charge on any atom is 0.122 e. The predicted molar refractivity (Wildman–Crippen MR) is 89.1 cm³/mol. The molecule has 0 unspecified atom stereocenters. The number of anilines is 2. The van der Waals surface area contributed by atoms with E-state index in [-0.39, 0.29) is 5.71 Å². The lowest BCUT2D eigenvalue weighted by atomic mass is 10.2. The number of para-hydroxylation sites is 2. The van der Waals surface area contributed by atoms with Gasteiger partial charge >= 0.3 is 0 Å². The summed E-state index contributed by atoms with van der Waals surface area (Å²) < 4.78 is 0. The number of hydrazone groups is 2. The minimum atomic E-state index is -1.11. The quantitative estimate of drug-likeness (QED) is 0.464. The molecule has 0 aliphatic rings. The average molecular weight is 298 g/mol. The molecule has 22 heavy (non-hydrogen) atoms. The Morgan fingerprint density at radius 1 is 0.955 bits per heavy atom. The lowest BCUT2D eigenvalue weighted by molar-refractivity contribution is 0.146. The van der Waals surface area contributed by atoms with Gasteiger partial charge < -0.3 is 10.2 Å². The Hall–Kier alpha value is -2.70. The fourth-order valence-corrected chi connectivity index (χ4v) is 1.61. The highest BCUT2D eigenvalue weighted by Crippen LogP contribution is 2.06. The first-order valence-corrected chi connectivity index (χ1v) is 6.81. The van der Waals surface area contributed by atoms with Gasteiger partial charge in [0.25, 0.3) is 0 Å². The van der Waals surface area contributed by atoms with Crippen molar-refractivity contribution in [1.29, 1.82) is 0 Å². The summed E-state index contributed by atoms with van der Waals surface area (Å²) in [4.78, 5) is 0. The van der Waals surface area contributed by atoms with Gasteiger partial charge in [-0.3, -0.25) is 10.9 Å². The van der Waals surface area contributed by atoms with Crippen molar-refractivity contribution < 1.29 is 10.2 Å². The van der Waals surface area contributed by atoms with Crippen molar-refractivity contribution in [2.45, 2.75) is 6.10 Å². The van der Waals surface area contributed by atoms with Crippen LogP contribution in [-0.2, 0) is 0 Å². The van der Waals surface area contributed by atoms with Crippen LogP contribution in [0.5, 0.6) is 0 Å². The zero-order valence-corrected chi connectivity index (χ0v) is 11.9. The number of benzene rings is 2. The van der Waals surface area contributed by atoms with Gasteiger partial charge in [0, 0.05) is 0 Å². The van der Waals surface area contributed by atoms with Gasteiger partial charge in [-0.15, -0.1) is 0 Å². The van der Waals surface area contributed by atoms with Crippen molar-refractivity contribution in [3.05, 3.63) is 60.7 Å². The van der Waals surface area contributed by atoms with Crippen LogP contribution in [0.4, 0.5) is 11.4 Å². The van der Waals surface area contributed by atoms with Crippen LogP contribution < -0.4 is 10.9 Å². The molecule has 0 amide bonds. The van der Waals surface area contributed by atoms with E-state index in [1.165, 1.54) is 6.21 Å². The van der Waals surface area contributed by atoms with Gasteiger partial charge in [-0.25, -0.2) is 0 Å². The average Bonchev–Trinajstić information content (AvgIpc) is 2.59. The standard InChI is InChI=1S/C16H18N4O2/c21-12-16(22)15(20-19-14-9-5-2-6-10-14)11-17-18-13-7-3-1-4-8-13/h1-11,16,18-19,21-22H,12H2/b17-11+,20-15?/t16-/m0/s1. The molecule has 0 spiro atoms. The van der Waals surface area contributed by atoms with Crippen molar-refractivity contribution >= 4 is 23.3 Å². The summed E-state index contributed by atoms with van der Waals surface area (Å²) >= 11 is 0. The molecule has 0 aliphatic heterocycles. The smallest absolute Gasteiger partial charge is 0.122 e. The van der Waals surface area contributed by atoms with Crippen molar-refractivity contribution in [3.8, 4) is 0 Å². The van der Waals surface area contributed by atoms with Crippen molar-refractivity contribution in [1.82, 2.24) is 0 Å². The molecule has 0 saturated carbocycles. The summed E-state index contributed by atoms with van der Waals surface area (Å²) in [5, 5.41) is 26.9. The number of hydrogen-bond donors (Lipinski definition) is 4. The first-order valence-electron chi connectivity index (χ1n) is 6.81. The number of aliphatic hydroxyl groups excluding tert-OH is 2. The molecule has 0 radical (unpaired) electrons. The number of nitrogens with one attached hydrogen (secondary N) is 2. The topological polar surface area (TPSA) is 89.2 Å². The molecule has 0 heterocycles. The first-order chi connectivity index (χ1) is 10.8. The van der Waals surface area contributed by atoms with E-state index in [2.05, 4.69) is 21.1 Å². The molecular weight excluding hydrogens is 280 g/mol. The maximum atomic E-state index is 9.75. The van der Waals surface area contributed by atoms with Gasteiger partial charge in [0.05, 0.1) is 24.2 Å². The van der Waals surface area contributed by atoms with E-state index in [0.29, 0.717) is 0 Å². The molecule has 2 aromatic carbocycles. The van der Waals surface area contributed by atoms with Crippen molar-refractivity contribution in [2.24, 2.45) is 10.2 Å². The Labute approximate surface area is 128 Å². The molecule has 1 atom stereocenters. The van der Waals surface area contributed by atoms with E-state index in [0.717, 1.165) is 11.4 Å². The van der Waals surface area contributed by atoms with E-state index < -0.39 is 12.7 Å². The normalized spacial score (nSPS) is 13.1. The second kappa shape index (κ2) is 8.56. The number of aliphatic hydroxyl groups is 2. The molecule has 114 valence electrons. The summed E-state index contributed by atoms with van der Waals surface area (Å²) in [6.45, 7) is -0.438. The predicted octanol–water partition coefficient (Wildman–Crippen LogP) is 1.91. The van der Waals surface area contributed by atoms with Crippen LogP contribution in [0.1, 0.15) is 0 Å². The van der Waals surface area contributed by atoms with Crippen LogP contribution in [0.2, 0.25) is 0 Å². The summed E-state index contributed by atoms with van der Waals surface area (Å²) in [5.74, 6) is 0. The third-order valence-electron chi connectivity index (χ3n) is 2.77. The first kappa shape index (κ1) is 15.7. The molecule has 0 aliphatic carbocycles. The Bertz CT molecular complexity index is 615. The van der Waals surface area contributed by atoms with E-state index in [9.17, 15) is 5.11 Å². The monoisotopic (exact) mass is 298 g/mol. The lowest BCUT2D eigenvalue weighted by Gasteiger charge is -2.08. The minimum absolute atomic E-state index is 0.217. The van der Waals surface area contributed by atoms with Crippen LogP contribution >= 0.6 is 0 Å². The summed E-state index contributed by atoms with van der Waals surface area (Å²) in [5.41, 5.74) is 7.43. The molecule has 6 nitrogen and oxygen atoms in total. The van der Waals surface area contributed by atoms with Gasteiger partial charge in [0.15, 0.2) is 0 Å². The third kappa shape index (κ3) is 5.01. The van der Waals surface area contributed by atoms with Gasteiger partial charge in [-0.1, -0.05) is 36.4 Å². The highest BCUT2D eigenvalue weighted by Gasteiger charge is 2.09. The largest absolute Gasteiger partial charge is 0.393 e. The highest BCUT2D eigenvalue weighted by molar-refractivity contribution is 6.32. The zero-order chi connectivity index (χ0) is 15.6. The van der Waals surface area contributed by atoms with E-state index in [1.807, 2.05) is 60.7 Å². The van der Waals surface area contributed by atoms with Crippen molar-refractivity contribution in [2.75, 3.05) is 17.5 Å². The van der Waals surface area contributed by atoms with Gasteiger partial charge in [0.1, 0.15) is 11.8 Å². The summed E-state index contributed by atoms with van der Waals surface area (Å²) in [6, 6.07) is 18.7. The molecule has 6 heteroatoms. The molecule has 0 aromatic heterocycles. The SMILES string of the molecule is OC[C@H](O)C(/C=N/Nc1ccccc1)=NNc1ccccc1. The van der Waals surface area contributed by atoms with Gasteiger partial charge in [0.2, 0.25) is 0 Å². The van der Waals surface area contributed by atoms with Crippen LogP contribution in [-0.4, -0.2) is 34.9 Å². The molecule has 0 saturated heterocycles. The van der Waals surface area contributed by atoms with E-state index in [4.69, 9.17) is 5.11 Å². The second-order valence-electron chi connectivity index (χ2n) is 4.45. The van der Waals surface area contributed by atoms with Crippen molar-refractivity contribution in [3.63, 3.8) is 0 Å². The molecule has 2 rings (SSSR count). The number of rotatable bonds is 7. The van der Waals surface area contributed by atoms with E-state index >= 15 is 0 Å². The van der Waals surface area contributed by atoms with Crippen LogP contribution in [0.3, 0.4) is 0 Å². The number of nitrogens with zero attached hydrogens (tertiary/aromatic N) is 2. The fourth-order valence-electron chi connectivity index (χ4n) is 1.61. The van der Waals surface area contributed by atoms with Crippen LogP contribution in [0.15, 0.2) is 70.9 Å². The van der Waals surface area contributed by atoms with Gasteiger partial charge in [-0.05, 0) is 24.3 Å².